The molecule has 0 aliphatic carbocycles. The van der Waals surface area contributed by atoms with E-state index >= 15 is 0 Å². The van der Waals surface area contributed by atoms with Crippen LogP contribution in [-0.2, 0) is 0 Å². The van der Waals surface area contributed by atoms with E-state index in [2.05, 4.69) is 24.8 Å². The first-order chi connectivity index (χ1) is 5.04. The molecule has 60 valence electrons. The molecule has 0 aliphatic rings. The molecule has 0 rings (SSSR count). The summed E-state index contributed by atoms with van der Waals surface area (Å²) in [5.74, 6) is 0.488. The lowest BCUT2D eigenvalue weighted by molar-refractivity contribution is 0.430. The van der Waals surface area contributed by atoms with Crippen molar-refractivity contribution in [3.05, 3.63) is 11.4 Å². The molecule has 0 N–H and O–H groups in total. The Morgan fingerprint density at radius 2 is 2.18 bits per heavy atom. The molecular weight excluding hydrogens is 136 g/mol. The lowest BCUT2D eigenvalue weighted by Crippen LogP contribution is -2.21. The van der Waals surface area contributed by atoms with E-state index < -0.39 is 5.54 Å². The zero-order valence-corrected chi connectivity index (χ0v) is 7.39. The molecule has 0 unspecified atom stereocenters. The van der Waals surface area contributed by atoms with Crippen molar-refractivity contribution in [3.8, 4) is 6.07 Å². The maximum atomic E-state index is 8.45. The predicted molar refractivity (Wildman–Crippen MR) is 44.7 cm³/mol. The Morgan fingerprint density at radius 1 is 1.64 bits per heavy atom. The summed E-state index contributed by atoms with van der Waals surface area (Å²) in [4.78, 5) is 3.48. The summed E-state index contributed by atoms with van der Waals surface area (Å²) in [6.45, 7) is 12.9. The summed E-state index contributed by atoms with van der Waals surface area (Å²) in [6, 6.07) is 2.05. The molecule has 0 radical (unpaired) electrons. The molecule has 0 aliphatic heterocycles. The van der Waals surface area contributed by atoms with Gasteiger partial charge in [0.1, 0.15) is 6.42 Å². The second-order valence-electron chi connectivity index (χ2n) is 3.54. The summed E-state index contributed by atoms with van der Waals surface area (Å²) in [6.07, 6.45) is 1.15. The predicted octanol–water partition coefficient (Wildman–Crippen LogP) is 2.62. The fourth-order valence-electron chi connectivity index (χ4n) is 1.21. The first-order valence-electron chi connectivity index (χ1n) is 3.79. The summed E-state index contributed by atoms with van der Waals surface area (Å²) in [5, 5.41) is 8.45. The first-order valence-corrected chi connectivity index (χ1v) is 3.79. The van der Waals surface area contributed by atoms with Crippen LogP contribution in [-0.4, -0.2) is 5.54 Å². The van der Waals surface area contributed by atoms with Gasteiger partial charge >= 0.3 is 0 Å². The first kappa shape index (κ1) is 9.98. The van der Waals surface area contributed by atoms with Crippen LogP contribution < -0.4 is 0 Å². The quantitative estimate of drug-likeness (QED) is 0.568. The smallest absolute Gasteiger partial charge is 0.242 e. The molecule has 0 aromatic rings. The molecular formula is C9H14N2. The molecule has 0 bridgehead atoms. The van der Waals surface area contributed by atoms with Gasteiger partial charge in [-0.3, -0.25) is 0 Å². The molecule has 0 aromatic carbocycles. The van der Waals surface area contributed by atoms with Crippen LogP contribution in [0.1, 0.15) is 33.6 Å². The second kappa shape index (κ2) is 3.98. The van der Waals surface area contributed by atoms with Crippen LogP contribution in [0.2, 0.25) is 0 Å². The van der Waals surface area contributed by atoms with Crippen LogP contribution >= 0.6 is 0 Å². The normalized spacial score (nSPS) is 15.1. The Labute approximate surface area is 68.7 Å². The van der Waals surface area contributed by atoms with Crippen molar-refractivity contribution in [2.45, 2.75) is 39.2 Å². The molecule has 2 heteroatoms. The molecule has 0 aromatic heterocycles. The van der Waals surface area contributed by atoms with Gasteiger partial charge < -0.3 is 4.85 Å². The van der Waals surface area contributed by atoms with Crippen molar-refractivity contribution < 1.29 is 0 Å². The van der Waals surface area contributed by atoms with Gasteiger partial charge in [0.05, 0.1) is 6.07 Å². The van der Waals surface area contributed by atoms with Gasteiger partial charge in [0.2, 0.25) is 5.54 Å². The van der Waals surface area contributed by atoms with Crippen LogP contribution in [0, 0.1) is 23.8 Å². The molecule has 11 heavy (non-hydrogen) atoms. The van der Waals surface area contributed by atoms with Gasteiger partial charge in [-0.2, -0.15) is 5.26 Å². The highest BCUT2D eigenvalue weighted by molar-refractivity contribution is 5.01. The van der Waals surface area contributed by atoms with Crippen molar-refractivity contribution in [1.29, 1.82) is 5.26 Å². The standard InChI is InChI=1S/C9H14N2/c1-8(2)7-9(3,11-4)5-6-10/h8H,5,7H2,1-3H3/t9-/m1/s1. The average molecular weight is 150 g/mol. The van der Waals surface area contributed by atoms with Gasteiger partial charge in [-0.25, -0.2) is 6.57 Å². The van der Waals surface area contributed by atoms with E-state index in [0.717, 1.165) is 6.42 Å². The van der Waals surface area contributed by atoms with E-state index in [0.29, 0.717) is 12.3 Å². The van der Waals surface area contributed by atoms with E-state index in [4.69, 9.17) is 11.8 Å². The van der Waals surface area contributed by atoms with E-state index in [-0.39, 0.29) is 0 Å². The number of rotatable bonds is 3. The summed E-state index contributed by atoms with van der Waals surface area (Å²) in [5.41, 5.74) is -0.455. The summed E-state index contributed by atoms with van der Waals surface area (Å²) >= 11 is 0. The highest BCUT2D eigenvalue weighted by Crippen LogP contribution is 2.23. The SMILES string of the molecule is [C-]#[N+][C@](C)(CC#N)CC(C)C. The fourth-order valence-corrected chi connectivity index (χ4v) is 1.21. The minimum absolute atomic E-state index is 0.342. The monoisotopic (exact) mass is 150 g/mol. The van der Waals surface area contributed by atoms with Gasteiger partial charge in [-0.15, -0.1) is 0 Å². The Bertz CT molecular complexity index is 195. The van der Waals surface area contributed by atoms with Gasteiger partial charge in [0.15, 0.2) is 0 Å². The third kappa shape index (κ3) is 3.63. The molecule has 0 saturated heterocycles. The molecule has 0 fully saturated rings. The minimum atomic E-state index is -0.455. The molecule has 0 saturated carbocycles. The number of hydrogen-bond acceptors (Lipinski definition) is 1. The third-order valence-electron chi connectivity index (χ3n) is 1.58. The van der Waals surface area contributed by atoms with Crippen LogP contribution in [0.4, 0.5) is 0 Å². The maximum Gasteiger partial charge on any atom is 0.242 e. The molecule has 0 spiro atoms. The van der Waals surface area contributed by atoms with Gasteiger partial charge in [0, 0.05) is 13.3 Å². The summed E-state index contributed by atoms with van der Waals surface area (Å²) in [7, 11) is 0. The van der Waals surface area contributed by atoms with Crippen molar-refractivity contribution in [2.75, 3.05) is 0 Å². The van der Waals surface area contributed by atoms with Crippen LogP contribution in [0.3, 0.4) is 0 Å². The van der Waals surface area contributed by atoms with Crippen molar-refractivity contribution in [2.24, 2.45) is 5.92 Å². The van der Waals surface area contributed by atoms with Crippen molar-refractivity contribution in [3.63, 3.8) is 0 Å². The Balaban J connectivity index is 4.16. The molecule has 2 nitrogen and oxygen atoms in total. The lowest BCUT2D eigenvalue weighted by Gasteiger charge is -2.15. The largest absolute Gasteiger partial charge is 0.310 e. The van der Waals surface area contributed by atoms with Crippen LogP contribution in [0.25, 0.3) is 4.85 Å². The Morgan fingerprint density at radius 3 is 2.45 bits per heavy atom. The second-order valence-corrected chi connectivity index (χ2v) is 3.54. The molecule has 1 atom stereocenters. The van der Waals surface area contributed by atoms with Gasteiger partial charge in [-0.1, -0.05) is 13.8 Å². The highest BCUT2D eigenvalue weighted by Gasteiger charge is 2.30. The number of nitriles is 1. The molecule has 0 amide bonds. The van der Waals surface area contributed by atoms with Gasteiger partial charge in [0.25, 0.3) is 0 Å². The Kier molecular flexibility index (Phi) is 3.61. The van der Waals surface area contributed by atoms with E-state index in [1.54, 1.807) is 0 Å². The minimum Gasteiger partial charge on any atom is -0.310 e. The third-order valence-corrected chi connectivity index (χ3v) is 1.58. The van der Waals surface area contributed by atoms with Crippen molar-refractivity contribution in [1.82, 2.24) is 0 Å². The Hall–Kier alpha value is -1.02. The van der Waals surface area contributed by atoms with Crippen LogP contribution in [0.5, 0.6) is 0 Å². The zero-order chi connectivity index (χ0) is 8.91. The fraction of sp³-hybridized carbons (Fsp3) is 0.778. The van der Waals surface area contributed by atoms with E-state index in [1.165, 1.54) is 0 Å². The summed E-state index contributed by atoms with van der Waals surface area (Å²) < 4.78 is 0. The van der Waals surface area contributed by atoms with E-state index in [9.17, 15) is 0 Å². The topological polar surface area (TPSA) is 28.1 Å². The number of nitrogens with zero attached hydrogens (tertiary/aromatic N) is 2. The molecule has 0 heterocycles. The maximum absolute atomic E-state index is 8.45. The number of hydrogen-bond donors (Lipinski definition) is 0. The lowest BCUT2D eigenvalue weighted by atomic mass is 9.89. The van der Waals surface area contributed by atoms with E-state index in [1.807, 2.05) is 6.92 Å². The highest BCUT2D eigenvalue weighted by atomic mass is 14.8. The zero-order valence-electron chi connectivity index (χ0n) is 7.39. The van der Waals surface area contributed by atoms with Crippen molar-refractivity contribution >= 4 is 0 Å². The van der Waals surface area contributed by atoms with Crippen LogP contribution in [0.15, 0.2) is 0 Å². The average Bonchev–Trinajstić information content (AvgIpc) is 1.87. The van der Waals surface area contributed by atoms with Gasteiger partial charge in [-0.05, 0) is 5.92 Å².